The summed E-state index contributed by atoms with van der Waals surface area (Å²) in [4.78, 5) is 0. The largest absolute Gasteiger partial charge is 0.494 e. The molecule has 0 spiro atoms. The summed E-state index contributed by atoms with van der Waals surface area (Å²) in [6.07, 6.45) is 2.01. The zero-order chi connectivity index (χ0) is 17.9. The summed E-state index contributed by atoms with van der Waals surface area (Å²) in [5.74, 6) is 1.36. The van der Waals surface area contributed by atoms with Crippen LogP contribution in [0.2, 0.25) is 0 Å². The molecule has 23 heavy (non-hydrogen) atoms. The molecular weight excluding hydrogens is 426 g/mol. The first-order valence-corrected chi connectivity index (χ1v) is 8.96. The molecule has 0 bridgehead atoms. The van der Waals surface area contributed by atoms with Gasteiger partial charge >= 0.3 is 0 Å². The zero-order valence-electron chi connectivity index (χ0n) is 14.4. The normalized spacial score (nSPS) is 11.6. The van der Waals surface area contributed by atoms with Crippen LogP contribution in [0.1, 0.15) is 39.2 Å². The van der Waals surface area contributed by atoms with Gasteiger partial charge in [-0.25, -0.2) is 0 Å². The first kappa shape index (κ1) is 20.5. The van der Waals surface area contributed by atoms with Crippen molar-refractivity contribution in [3.8, 4) is 5.75 Å². The Kier molecular flexibility index (Phi) is 7.13. The third-order valence-corrected chi connectivity index (χ3v) is 4.83. The van der Waals surface area contributed by atoms with E-state index in [1.807, 2.05) is 13.2 Å². The molecule has 130 valence electrons. The molecule has 2 rings (SSSR count). The van der Waals surface area contributed by atoms with Gasteiger partial charge in [0.1, 0.15) is 5.75 Å². The lowest BCUT2D eigenvalue weighted by molar-refractivity contribution is 0.0183. The Morgan fingerprint density at radius 3 is 2.22 bits per heavy atom. The molecule has 1 aromatic heterocycles. The third kappa shape index (κ3) is 4.95. The van der Waals surface area contributed by atoms with Crippen LogP contribution in [0, 0.1) is 0 Å². The maximum absolute atomic E-state index is 8.58. The molecule has 6 heteroatoms. The van der Waals surface area contributed by atoms with Crippen molar-refractivity contribution in [2.75, 3.05) is 13.7 Å². The minimum Gasteiger partial charge on any atom is -0.494 e. The summed E-state index contributed by atoms with van der Waals surface area (Å²) in [5.41, 5.74) is 1.53. The van der Waals surface area contributed by atoms with Crippen LogP contribution in [0.4, 0.5) is 0 Å². The Hall–Kier alpha value is -0.560. The summed E-state index contributed by atoms with van der Waals surface area (Å²) in [5, 5.41) is 17.9. The van der Waals surface area contributed by atoms with Crippen LogP contribution in [0.5, 0.6) is 5.75 Å². The van der Waals surface area contributed by atoms with Gasteiger partial charge in [-0.05, 0) is 47.3 Å². The van der Waals surface area contributed by atoms with Gasteiger partial charge in [0.05, 0.1) is 30.2 Å². The van der Waals surface area contributed by atoms with E-state index in [1.165, 1.54) is 5.56 Å². The highest BCUT2D eigenvalue weighted by molar-refractivity contribution is 9.11. The van der Waals surface area contributed by atoms with Crippen molar-refractivity contribution in [3.63, 3.8) is 0 Å². The van der Waals surface area contributed by atoms with Crippen molar-refractivity contribution in [3.05, 3.63) is 26.8 Å². The van der Waals surface area contributed by atoms with Crippen LogP contribution in [0.15, 0.2) is 21.2 Å². The van der Waals surface area contributed by atoms with Crippen molar-refractivity contribution in [2.24, 2.45) is 7.05 Å². The molecule has 2 aromatic rings. The quantitative estimate of drug-likeness (QED) is 0.719. The zero-order valence-corrected chi connectivity index (χ0v) is 17.6. The fourth-order valence-corrected chi connectivity index (χ4v) is 4.34. The summed E-state index contributed by atoms with van der Waals surface area (Å²) in [6.45, 7) is 7.30. The number of benzene rings is 1. The number of nitrogens with zero attached hydrogens (tertiary/aromatic N) is 1. The lowest BCUT2D eigenvalue weighted by atomic mass is 10.0. The van der Waals surface area contributed by atoms with Gasteiger partial charge in [0.25, 0.3) is 0 Å². The third-order valence-electron chi connectivity index (χ3n) is 3.35. The van der Waals surface area contributed by atoms with Gasteiger partial charge < -0.3 is 19.5 Å². The number of fused-ring (bicyclic) bond motifs is 1. The summed E-state index contributed by atoms with van der Waals surface area (Å²) in [6, 6.07) is 2.15. The van der Waals surface area contributed by atoms with Crippen molar-refractivity contribution < 1.29 is 14.9 Å². The molecule has 0 unspecified atom stereocenters. The lowest BCUT2D eigenvalue weighted by Gasteiger charge is -2.13. The van der Waals surface area contributed by atoms with Crippen LogP contribution in [-0.2, 0) is 7.05 Å². The number of aromatic nitrogens is 1. The van der Waals surface area contributed by atoms with E-state index in [2.05, 4.69) is 56.3 Å². The second-order valence-electron chi connectivity index (χ2n) is 6.41. The van der Waals surface area contributed by atoms with Crippen molar-refractivity contribution in [1.29, 1.82) is 0 Å². The highest BCUT2D eigenvalue weighted by atomic mass is 79.9. The predicted molar refractivity (Wildman–Crippen MR) is 102 cm³/mol. The first-order chi connectivity index (χ1) is 10.5. The van der Waals surface area contributed by atoms with Gasteiger partial charge in [0.2, 0.25) is 0 Å². The van der Waals surface area contributed by atoms with E-state index in [1.54, 1.807) is 21.0 Å². The Labute approximate surface area is 154 Å². The maximum atomic E-state index is 8.58. The van der Waals surface area contributed by atoms with Crippen LogP contribution in [0.3, 0.4) is 0 Å². The molecule has 0 aliphatic carbocycles. The van der Waals surface area contributed by atoms with Crippen LogP contribution in [-0.4, -0.2) is 34.1 Å². The van der Waals surface area contributed by atoms with Gasteiger partial charge in [-0.3, -0.25) is 0 Å². The Balaban J connectivity index is 0.000000379. The van der Waals surface area contributed by atoms with Crippen LogP contribution < -0.4 is 4.74 Å². The summed E-state index contributed by atoms with van der Waals surface area (Å²) in [7, 11) is 3.73. The van der Waals surface area contributed by atoms with E-state index in [-0.39, 0.29) is 6.61 Å². The second-order valence-corrected chi connectivity index (χ2v) is 8.06. The molecule has 0 amide bonds. The molecular formula is C17H25Br2NO3. The summed E-state index contributed by atoms with van der Waals surface area (Å²) < 4.78 is 9.77. The molecule has 4 nitrogen and oxygen atoms in total. The topological polar surface area (TPSA) is 54.6 Å². The highest BCUT2D eigenvalue weighted by Crippen LogP contribution is 2.42. The summed E-state index contributed by atoms with van der Waals surface area (Å²) >= 11 is 7.36. The Morgan fingerprint density at radius 1 is 1.30 bits per heavy atom. The molecule has 0 saturated heterocycles. The van der Waals surface area contributed by atoms with Crippen molar-refractivity contribution in [2.45, 2.75) is 39.2 Å². The van der Waals surface area contributed by atoms with E-state index >= 15 is 0 Å². The number of halogens is 2. The van der Waals surface area contributed by atoms with E-state index in [0.717, 1.165) is 25.6 Å². The highest BCUT2D eigenvalue weighted by Gasteiger charge is 2.18. The van der Waals surface area contributed by atoms with Gasteiger partial charge in [-0.15, -0.1) is 0 Å². The molecule has 1 aromatic carbocycles. The molecule has 0 radical (unpaired) electrons. The fourth-order valence-electron chi connectivity index (χ4n) is 2.13. The molecule has 0 aliphatic rings. The Bertz CT molecular complexity index is 673. The van der Waals surface area contributed by atoms with Crippen LogP contribution in [0.25, 0.3) is 10.9 Å². The maximum Gasteiger partial charge on any atom is 0.145 e. The first-order valence-electron chi connectivity index (χ1n) is 7.37. The van der Waals surface area contributed by atoms with Gasteiger partial charge in [-0.1, -0.05) is 29.8 Å². The number of hydrogen-bond donors (Lipinski definition) is 2. The fraction of sp³-hybridized carbons (Fsp3) is 0.529. The average Bonchev–Trinajstić information content (AvgIpc) is 2.75. The van der Waals surface area contributed by atoms with E-state index in [4.69, 9.17) is 14.9 Å². The number of aliphatic hydroxyl groups is 2. The molecule has 0 fully saturated rings. The van der Waals surface area contributed by atoms with Crippen molar-refractivity contribution >= 4 is 42.8 Å². The van der Waals surface area contributed by atoms with Gasteiger partial charge in [0, 0.05) is 22.2 Å². The minimum atomic E-state index is -0.903. The van der Waals surface area contributed by atoms with Gasteiger partial charge in [0.15, 0.2) is 0 Å². The number of aliphatic hydroxyl groups excluding tert-OH is 1. The molecule has 0 aliphatic heterocycles. The van der Waals surface area contributed by atoms with Crippen molar-refractivity contribution in [1.82, 2.24) is 4.57 Å². The second kappa shape index (κ2) is 8.01. The number of ether oxygens (including phenoxy) is 1. The molecule has 1 heterocycles. The molecule has 0 atom stereocenters. The molecule has 2 N–H and O–H groups in total. The Morgan fingerprint density at radius 2 is 1.83 bits per heavy atom. The molecule has 0 saturated carbocycles. The van der Waals surface area contributed by atoms with E-state index in [9.17, 15) is 0 Å². The standard InChI is InChI=1S/C13H15Br2NO.C4H10O2/c1-7(2)11-8(14)5-9-12(13(11)15)10(17-4)6-16(9)3;1-4(2,6)3-5/h5-7H,1-4H3;5-6H,3H2,1-2H3. The number of methoxy groups -OCH3 is 1. The van der Waals surface area contributed by atoms with Gasteiger partial charge in [-0.2, -0.15) is 0 Å². The predicted octanol–water partition coefficient (Wildman–Crippen LogP) is 4.58. The SMILES string of the molecule is CC(C)(O)CO.COc1cn(C)c2cc(Br)c(C(C)C)c(Br)c12. The average molecular weight is 451 g/mol. The monoisotopic (exact) mass is 449 g/mol. The number of aryl methyl sites for hydroxylation is 1. The minimum absolute atomic E-state index is 0.174. The number of hydrogen-bond acceptors (Lipinski definition) is 3. The van der Waals surface area contributed by atoms with E-state index in [0.29, 0.717) is 5.92 Å². The smallest absolute Gasteiger partial charge is 0.145 e. The number of rotatable bonds is 3. The lowest BCUT2D eigenvalue weighted by Crippen LogP contribution is -2.23. The van der Waals surface area contributed by atoms with E-state index < -0.39 is 5.60 Å². The van der Waals surface area contributed by atoms with Crippen LogP contribution >= 0.6 is 31.9 Å².